The van der Waals surface area contributed by atoms with Crippen molar-refractivity contribution in [2.24, 2.45) is 0 Å². The molecule has 37 heavy (non-hydrogen) atoms. The fourth-order valence-corrected chi connectivity index (χ4v) is 4.63. The van der Waals surface area contributed by atoms with E-state index in [4.69, 9.17) is 9.47 Å². The van der Waals surface area contributed by atoms with E-state index in [9.17, 15) is 14.7 Å². The smallest absolute Gasteiger partial charge is 0.302 e. The number of hydrogen-bond donors (Lipinski definition) is 2. The fraction of sp³-hybridized carbons (Fsp3) is 0.207. The minimum Gasteiger partial charge on any atom is -0.507 e. The Labute approximate surface area is 214 Å². The second-order valence-corrected chi connectivity index (χ2v) is 8.68. The van der Waals surface area contributed by atoms with Gasteiger partial charge in [0, 0.05) is 6.07 Å². The predicted molar refractivity (Wildman–Crippen MR) is 141 cm³/mol. The van der Waals surface area contributed by atoms with E-state index in [-0.39, 0.29) is 17.3 Å². The Morgan fingerprint density at radius 3 is 2.51 bits per heavy atom. The number of imidazole rings is 1. The summed E-state index contributed by atoms with van der Waals surface area (Å²) in [6.45, 7) is 6.42. The van der Waals surface area contributed by atoms with Gasteiger partial charge in [0.05, 0.1) is 41.4 Å². The van der Waals surface area contributed by atoms with Crippen molar-refractivity contribution in [3.63, 3.8) is 0 Å². The summed E-state index contributed by atoms with van der Waals surface area (Å²) < 4.78 is 11.4. The normalized spacial score (nSPS) is 16.9. The molecular formula is C29H27N3O5. The van der Waals surface area contributed by atoms with Crippen molar-refractivity contribution in [2.45, 2.75) is 26.8 Å². The molecule has 1 amide bonds. The number of Topliss-reactive ketones (excluding diaryl/α,β-unsaturated/α-hetero) is 1. The van der Waals surface area contributed by atoms with Gasteiger partial charge in [-0.05, 0) is 50.6 Å². The van der Waals surface area contributed by atoms with Crippen molar-refractivity contribution in [3.8, 4) is 11.5 Å². The van der Waals surface area contributed by atoms with Gasteiger partial charge in [0.15, 0.2) is 0 Å². The van der Waals surface area contributed by atoms with Crippen LogP contribution in [0.4, 0.5) is 5.95 Å². The second kappa shape index (κ2) is 9.81. The van der Waals surface area contributed by atoms with Crippen LogP contribution >= 0.6 is 0 Å². The lowest BCUT2D eigenvalue weighted by Gasteiger charge is -2.23. The van der Waals surface area contributed by atoms with Crippen molar-refractivity contribution in [1.29, 1.82) is 0 Å². The maximum absolute atomic E-state index is 13.5. The number of aromatic nitrogens is 2. The van der Waals surface area contributed by atoms with Gasteiger partial charge in [0.1, 0.15) is 17.3 Å². The number of ether oxygens (including phenoxy) is 2. The minimum atomic E-state index is -0.901. The van der Waals surface area contributed by atoms with Crippen LogP contribution in [0.5, 0.6) is 11.5 Å². The van der Waals surface area contributed by atoms with Crippen LogP contribution in [-0.4, -0.2) is 40.0 Å². The molecule has 8 nitrogen and oxygen atoms in total. The molecule has 1 atom stereocenters. The molecular weight excluding hydrogens is 470 g/mol. The fourth-order valence-electron chi connectivity index (χ4n) is 4.63. The van der Waals surface area contributed by atoms with Gasteiger partial charge in [-0.15, -0.1) is 0 Å². The number of carbonyl (C=O) groups is 2. The first-order chi connectivity index (χ1) is 17.9. The van der Waals surface area contributed by atoms with Crippen LogP contribution in [0.1, 0.15) is 36.6 Å². The number of para-hydroxylation sites is 2. The Kier molecular flexibility index (Phi) is 6.40. The molecule has 1 aromatic heterocycles. The molecule has 4 aromatic rings. The van der Waals surface area contributed by atoms with Gasteiger partial charge in [0.25, 0.3) is 5.78 Å². The molecule has 0 aliphatic carbocycles. The quantitative estimate of drug-likeness (QED) is 0.204. The van der Waals surface area contributed by atoms with Crippen LogP contribution in [0.25, 0.3) is 16.8 Å². The van der Waals surface area contributed by atoms with E-state index < -0.39 is 17.7 Å². The summed E-state index contributed by atoms with van der Waals surface area (Å²) in [5.74, 6) is -0.762. The molecule has 5 rings (SSSR count). The van der Waals surface area contributed by atoms with Crippen LogP contribution < -0.4 is 14.4 Å². The van der Waals surface area contributed by atoms with E-state index in [0.717, 1.165) is 11.1 Å². The molecule has 1 unspecified atom stereocenters. The molecule has 188 valence electrons. The largest absolute Gasteiger partial charge is 0.507 e. The van der Waals surface area contributed by atoms with Gasteiger partial charge in [0.2, 0.25) is 5.95 Å². The molecule has 1 saturated heterocycles. The third-order valence-electron chi connectivity index (χ3n) is 6.23. The number of fused-ring (bicyclic) bond motifs is 1. The number of aryl methyl sites for hydroxylation is 1. The number of ketones is 1. The number of amides is 1. The van der Waals surface area contributed by atoms with E-state index in [2.05, 4.69) is 9.97 Å². The van der Waals surface area contributed by atoms with Gasteiger partial charge in [-0.1, -0.05) is 42.0 Å². The number of aliphatic hydroxyl groups is 1. The van der Waals surface area contributed by atoms with Gasteiger partial charge in [-0.25, -0.2) is 4.98 Å². The van der Waals surface area contributed by atoms with Crippen molar-refractivity contribution < 1.29 is 24.2 Å². The summed E-state index contributed by atoms with van der Waals surface area (Å²) in [5, 5.41) is 11.6. The lowest BCUT2D eigenvalue weighted by atomic mass is 9.94. The Morgan fingerprint density at radius 2 is 1.78 bits per heavy atom. The van der Waals surface area contributed by atoms with Crippen LogP contribution in [-0.2, 0) is 9.59 Å². The molecule has 0 bridgehead atoms. The molecule has 0 saturated carbocycles. The summed E-state index contributed by atoms with van der Waals surface area (Å²) in [5.41, 5.74) is 3.26. The highest BCUT2D eigenvalue weighted by atomic mass is 16.5. The Morgan fingerprint density at radius 1 is 1.00 bits per heavy atom. The Hall–Kier alpha value is -4.59. The Balaban J connectivity index is 1.72. The number of H-pyrrole nitrogens is 1. The standard InChI is InChI=1S/C29H27N3O5/c1-4-36-19-13-14-20(23(16-19)37-5-2)26(33)24-25(18-10-8-9-17(3)15-18)32(28(35)27(24)34)29-30-21-11-6-7-12-22(21)31-29/h6-16,25,33H,4-5H2,1-3H3,(H,30,31)/b26-24+. The van der Waals surface area contributed by atoms with E-state index in [0.29, 0.717) is 41.4 Å². The van der Waals surface area contributed by atoms with Crippen LogP contribution in [0, 0.1) is 6.92 Å². The number of rotatable bonds is 7. The zero-order valence-corrected chi connectivity index (χ0v) is 20.8. The maximum atomic E-state index is 13.5. The van der Waals surface area contributed by atoms with Crippen molar-refractivity contribution in [2.75, 3.05) is 18.1 Å². The third-order valence-corrected chi connectivity index (χ3v) is 6.23. The zero-order valence-electron chi connectivity index (χ0n) is 20.8. The van der Waals surface area contributed by atoms with E-state index in [1.807, 2.05) is 69.3 Å². The van der Waals surface area contributed by atoms with Gasteiger partial charge < -0.3 is 19.6 Å². The number of aliphatic hydroxyl groups excluding tert-OH is 1. The lowest BCUT2D eigenvalue weighted by Crippen LogP contribution is -2.30. The molecule has 1 fully saturated rings. The second-order valence-electron chi connectivity index (χ2n) is 8.68. The first kappa shape index (κ1) is 24.1. The average Bonchev–Trinajstić information content (AvgIpc) is 3.43. The molecule has 8 heteroatoms. The summed E-state index contributed by atoms with van der Waals surface area (Å²) in [7, 11) is 0. The molecule has 0 radical (unpaired) electrons. The average molecular weight is 498 g/mol. The zero-order chi connectivity index (χ0) is 26.1. The van der Waals surface area contributed by atoms with E-state index in [1.165, 1.54) is 4.90 Å². The lowest BCUT2D eigenvalue weighted by molar-refractivity contribution is -0.132. The number of carbonyl (C=O) groups excluding carboxylic acids is 2. The Bertz CT molecular complexity index is 1500. The monoisotopic (exact) mass is 497 g/mol. The molecule has 2 N–H and O–H groups in total. The number of hydrogen-bond acceptors (Lipinski definition) is 6. The number of nitrogens with one attached hydrogen (secondary N) is 1. The maximum Gasteiger partial charge on any atom is 0.302 e. The summed E-state index contributed by atoms with van der Waals surface area (Å²) in [4.78, 5) is 36.0. The van der Waals surface area contributed by atoms with Crippen LogP contribution in [0.2, 0.25) is 0 Å². The number of anilines is 1. The van der Waals surface area contributed by atoms with Crippen molar-refractivity contribution in [1.82, 2.24) is 9.97 Å². The summed E-state index contributed by atoms with van der Waals surface area (Å²) in [6.07, 6.45) is 0. The van der Waals surface area contributed by atoms with Gasteiger partial charge >= 0.3 is 5.91 Å². The SMILES string of the molecule is CCOc1ccc(/C(O)=C2\C(=O)C(=O)N(c3nc4ccccc4[nH]3)C2c2cccc(C)c2)c(OCC)c1. The van der Waals surface area contributed by atoms with Crippen molar-refractivity contribution in [3.05, 3.63) is 89.0 Å². The molecule has 2 heterocycles. The highest BCUT2D eigenvalue weighted by Crippen LogP contribution is 2.43. The topological polar surface area (TPSA) is 105 Å². The molecule has 0 spiro atoms. The van der Waals surface area contributed by atoms with Crippen LogP contribution in [0.15, 0.2) is 72.3 Å². The molecule has 1 aliphatic rings. The minimum absolute atomic E-state index is 0.0406. The third kappa shape index (κ3) is 4.31. The predicted octanol–water partition coefficient (Wildman–Crippen LogP) is 5.30. The molecule has 1 aliphatic heterocycles. The number of nitrogens with zero attached hydrogens (tertiary/aromatic N) is 2. The van der Waals surface area contributed by atoms with Crippen LogP contribution in [0.3, 0.4) is 0 Å². The van der Waals surface area contributed by atoms with Crippen molar-refractivity contribution >= 4 is 34.4 Å². The number of aromatic amines is 1. The number of benzene rings is 3. The highest BCUT2D eigenvalue weighted by molar-refractivity contribution is 6.51. The van der Waals surface area contributed by atoms with Gasteiger partial charge in [-0.2, -0.15) is 0 Å². The summed E-state index contributed by atoms with van der Waals surface area (Å²) >= 11 is 0. The highest BCUT2D eigenvalue weighted by Gasteiger charge is 2.48. The first-order valence-electron chi connectivity index (χ1n) is 12.1. The van der Waals surface area contributed by atoms with E-state index in [1.54, 1.807) is 18.2 Å². The first-order valence-corrected chi connectivity index (χ1v) is 12.1. The van der Waals surface area contributed by atoms with E-state index >= 15 is 0 Å². The molecule has 3 aromatic carbocycles. The summed E-state index contributed by atoms with van der Waals surface area (Å²) in [6, 6.07) is 19.0. The van der Waals surface area contributed by atoms with Gasteiger partial charge in [-0.3, -0.25) is 14.5 Å².